The lowest BCUT2D eigenvalue weighted by molar-refractivity contribution is 0.0944. The fourth-order valence-electron chi connectivity index (χ4n) is 0.847. The maximum atomic E-state index is 11.3. The van der Waals surface area contributed by atoms with Crippen LogP contribution in [0.3, 0.4) is 0 Å². The fourth-order valence-corrected chi connectivity index (χ4v) is 0.847. The van der Waals surface area contributed by atoms with Gasteiger partial charge in [-0.2, -0.15) is 0 Å². The first-order valence-electron chi connectivity index (χ1n) is 4.15. The molecule has 5 heteroatoms. The minimum atomic E-state index is -0.297. The highest BCUT2D eigenvalue weighted by Crippen LogP contribution is 1.90. The quantitative estimate of drug-likeness (QED) is 0.621. The molecule has 1 aromatic heterocycles. The standard InChI is InChI=1S/C8H13N3O2/c1-5(2)4-9-8(13)6-3-7(12)11-10-6/h3,5H,4H2,1-2H3,(H,9,13)(H2,10,11,12). The fraction of sp³-hybridized carbons (Fsp3) is 0.500. The Bertz CT molecular complexity index is 337. The van der Waals surface area contributed by atoms with Crippen molar-refractivity contribution in [3.63, 3.8) is 0 Å². The summed E-state index contributed by atoms with van der Waals surface area (Å²) in [5.41, 5.74) is -0.0275. The second-order valence-electron chi connectivity index (χ2n) is 3.28. The van der Waals surface area contributed by atoms with E-state index in [2.05, 4.69) is 15.5 Å². The van der Waals surface area contributed by atoms with Gasteiger partial charge in [0.15, 0.2) is 0 Å². The minimum Gasteiger partial charge on any atom is -0.350 e. The van der Waals surface area contributed by atoms with Crippen LogP contribution in [0.1, 0.15) is 24.3 Å². The van der Waals surface area contributed by atoms with Crippen molar-refractivity contribution in [2.75, 3.05) is 6.54 Å². The van der Waals surface area contributed by atoms with Gasteiger partial charge < -0.3 is 5.32 Å². The summed E-state index contributed by atoms with van der Waals surface area (Å²) in [6, 6.07) is 1.23. The number of carbonyl (C=O) groups excluding carboxylic acids is 1. The van der Waals surface area contributed by atoms with Gasteiger partial charge in [-0.1, -0.05) is 13.8 Å². The molecule has 1 rings (SSSR count). The van der Waals surface area contributed by atoms with Gasteiger partial charge in [0.1, 0.15) is 5.69 Å². The molecule has 0 radical (unpaired) electrons. The summed E-state index contributed by atoms with van der Waals surface area (Å²) >= 11 is 0. The lowest BCUT2D eigenvalue weighted by atomic mass is 10.2. The zero-order valence-corrected chi connectivity index (χ0v) is 7.68. The second kappa shape index (κ2) is 3.93. The van der Waals surface area contributed by atoms with E-state index in [0.717, 1.165) is 0 Å². The zero-order chi connectivity index (χ0) is 9.84. The van der Waals surface area contributed by atoms with E-state index in [1.165, 1.54) is 6.07 Å². The summed E-state index contributed by atoms with van der Waals surface area (Å²) in [5.74, 6) is 0.140. The molecule has 5 nitrogen and oxygen atoms in total. The molecule has 0 aliphatic carbocycles. The van der Waals surface area contributed by atoms with Crippen molar-refractivity contribution in [1.82, 2.24) is 15.5 Å². The van der Waals surface area contributed by atoms with Crippen LogP contribution in [-0.2, 0) is 0 Å². The lowest BCUT2D eigenvalue weighted by Gasteiger charge is -2.05. The number of H-pyrrole nitrogens is 2. The third-order valence-corrected chi connectivity index (χ3v) is 1.51. The van der Waals surface area contributed by atoms with E-state index in [9.17, 15) is 9.59 Å². The normalized spacial score (nSPS) is 10.4. The van der Waals surface area contributed by atoms with Crippen LogP contribution in [0, 0.1) is 5.92 Å². The van der Waals surface area contributed by atoms with Gasteiger partial charge in [-0.15, -0.1) is 0 Å². The van der Waals surface area contributed by atoms with Crippen molar-refractivity contribution < 1.29 is 4.79 Å². The zero-order valence-electron chi connectivity index (χ0n) is 7.68. The molecule has 13 heavy (non-hydrogen) atoms. The summed E-state index contributed by atoms with van der Waals surface area (Å²) in [6.45, 7) is 4.60. The van der Waals surface area contributed by atoms with Crippen LogP contribution in [0.2, 0.25) is 0 Å². The molecule has 0 atom stereocenters. The highest BCUT2D eigenvalue weighted by Gasteiger charge is 2.07. The molecule has 0 aliphatic rings. The molecule has 0 fully saturated rings. The highest BCUT2D eigenvalue weighted by molar-refractivity contribution is 5.91. The van der Waals surface area contributed by atoms with Gasteiger partial charge in [0.25, 0.3) is 11.5 Å². The summed E-state index contributed by atoms with van der Waals surface area (Å²) in [7, 11) is 0. The molecule has 0 bridgehead atoms. The van der Waals surface area contributed by atoms with E-state index in [4.69, 9.17) is 0 Å². The molecule has 0 spiro atoms. The van der Waals surface area contributed by atoms with Gasteiger partial charge in [0.05, 0.1) is 0 Å². The smallest absolute Gasteiger partial charge is 0.269 e. The molecular weight excluding hydrogens is 170 g/mol. The van der Waals surface area contributed by atoms with Crippen LogP contribution in [0.25, 0.3) is 0 Å². The first-order chi connectivity index (χ1) is 6.09. The van der Waals surface area contributed by atoms with E-state index in [1.54, 1.807) is 0 Å². The number of amides is 1. The third-order valence-electron chi connectivity index (χ3n) is 1.51. The number of aromatic amines is 2. The molecule has 1 heterocycles. The Kier molecular flexibility index (Phi) is 2.89. The molecule has 3 N–H and O–H groups in total. The van der Waals surface area contributed by atoms with Gasteiger partial charge in [-0.25, -0.2) is 0 Å². The van der Waals surface area contributed by atoms with Crippen molar-refractivity contribution >= 4 is 5.91 Å². The largest absolute Gasteiger partial charge is 0.350 e. The van der Waals surface area contributed by atoms with Gasteiger partial charge in [-0.3, -0.25) is 19.8 Å². The molecule has 72 valence electrons. The van der Waals surface area contributed by atoms with Gasteiger partial charge in [0.2, 0.25) is 0 Å². The molecular formula is C8H13N3O2. The van der Waals surface area contributed by atoms with Gasteiger partial charge >= 0.3 is 0 Å². The minimum absolute atomic E-state index is 0.257. The monoisotopic (exact) mass is 183 g/mol. The lowest BCUT2D eigenvalue weighted by Crippen LogP contribution is -2.27. The molecule has 0 aliphatic heterocycles. The Morgan fingerprint density at radius 2 is 2.23 bits per heavy atom. The summed E-state index contributed by atoms with van der Waals surface area (Å²) in [4.78, 5) is 21.9. The predicted molar refractivity (Wildman–Crippen MR) is 48.6 cm³/mol. The van der Waals surface area contributed by atoms with Crippen LogP contribution < -0.4 is 10.9 Å². The van der Waals surface area contributed by atoms with Crippen molar-refractivity contribution in [1.29, 1.82) is 0 Å². The van der Waals surface area contributed by atoms with Crippen LogP contribution in [0.5, 0.6) is 0 Å². The number of rotatable bonds is 3. The molecule has 0 saturated carbocycles. The van der Waals surface area contributed by atoms with Crippen LogP contribution in [0.15, 0.2) is 10.9 Å². The molecule has 0 aromatic carbocycles. The topological polar surface area (TPSA) is 77.8 Å². The van der Waals surface area contributed by atoms with Gasteiger partial charge in [0, 0.05) is 12.6 Å². The molecule has 1 amide bonds. The van der Waals surface area contributed by atoms with E-state index in [-0.39, 0.29) is 17.2 Å². The number of nitrogens with one attached hydrogen (secondary N) is 3. The maximum Gasteiger partial charge on any atom is 0.269 e. The van der Waals surface area contributed by atoms with E-state index < -0.39 is 0 Å². The Morgan fingerprint density at radius 3 is 2.69 bits per heavy atom. The summed E-state index contributed by atoms with van der Waals surface area (Å²) < 4.78 is 0. The van der Waals surface area contributed by atoms with E-state index >= 15 is 0 Å². The third kappa shape index (κ3) is 2.77. The summed E-state index contributed by atoms with van der Waals surface area (Å²) in [6.07, 6.45) is 0. The van der Waals surface area contributed by atoms with Crippen molar-refractivity contribution in [2.24, 2.45) is 5.92 Å². The predicted octanol–water partition coefficient (Wildman–Crippen LogP) is 0.0888. The van der Waals surface area contributed by atoms with Gasteiger partial charge in [-0.05, 0) is 5.92 Å². The Labute approximate surface area is 75.5 Å². The van der Waals surface area contributed by atoms with Crippen molar-refractivity contribution in [2.45, 2.75) is 13.8 Å². The molecule has 0 unspecified atom stereocenters. The first kappa shape index (κ1) is 9.57. The SMILES string of the molecule is CC(C)CNC(=O)c1cc(=O)[nH][nH]1. The Hall–Kier alpha value is -1.52. The number of aromatic nitrogens is 2. The van der Waals surface area contributed by atoms with Crippen LogP contribution in [0.4, 0.5) is 0 Å². The van der Waals surface area contributed by atoms with Crippen molar-refractivity contribution in [3.8, 4) is 0 Å². The first-order valence-corrected chi connectivity index (χ1v) is 4.15. The van der Waals surface area contributed by atoms with E-state index in [0.29, 0.717) is 12.5 Å². The van der Waals surface area contributed by atoms with Crippen LogP contribution in [-0.4, -0.2) is 22.6 Å². The Morgan fingerprint density at radius 1 is 1.54 bits per heavy atom. The average Bonchev–Trinajstić information content (AvgIpc) is 2.47. The number of hydrogen-bond acceptors (Lipinski definition) is 2. The Balaban J connectivity index is 2.54. The molecule has 0 saturated heterocycles. The van der Waals surface area contributed by atoms with E-state index in [1.807, 2.05) is 13.8 Å². The second-order valence-corrected chi connectivity index (χ2v) is 3.28. The van der Waals surface area contributed by atoms with Crippen LogP contribution >= 0.6 is 0 Å². The average molecular weight is 183 g/mol. The maximum absolute atomic E-state index is 11.3. The van der Waals surface area contributed by atoms with Crippen molar-refractivity contribution in [3.05, 3.63) is 22.1 Å². The highest BCUT2D eigenvalue weighted by atomic mass is 16.2. The number of carbonyl (C=O) groups is 1. The number of hydrogen-bond donors (Lipinski definition) is 3. The summed E-state index contributed by atoms with van der Waals surface area (Å²) in [5, 5.41) is 7.46. The molecule has 1 aromatic rings.